The number of carbonyl (C=O) groups excluding carboxylic acids is 2. The van der Waals surface area contributed by atoms with Crippen molar-refractivity contribution in [2.45, 2.75) is 32.7 Å². The van der Waals surface area contributed by atoms with E-state index in [2.05, 4.69) is 5.32 Å². The second-order valence-electron chi connectivity index (χ2n) is 5.34. The molecular formula is C18H25NO5. The SMILES string of the molecule is CCC[C@@H](C)NC(=O)COC(=O)/C=C/c1cc(OC)cc(OC)c1. The molecule has 0 heterocycles. The Bertz CT molecular complexity index is 561. The summed E-state index contributed by atoms with van der Waals surface area (Å²) in [5.74, 6) is 0.342. The number of ether oxygens (including phenoxy) is 3. The molecule has 0 saturated heterocycles. The number of nitrogens with one attached hydrogen (secondary N) is 1. The Morgan fingerprint density at radius 2 is 1.79 bits per heavy atom. The standard InChI is InChI=1S/C18H25NO5/c1-5-6-13(2)19-17(20)12-24-18(21)8-7-14-9-15(22-3)11-16(10-14)23-4/h7-11,13H,5-6,12H2,1-4H3,(H,19,20)/b8-7+/t13-/m1/s1. The molecule has 6 nitrogen and oxygen atoms in total. The van der Waals surface area contributed by atoms with E-state index in [4.69, 9.17) is 14.2 Å². The van der Waals surface area contributed by atoms with Crippen molar-refractivity contribution < 1.29 is 23.8 Å². The van der Waals surface area contributed by atoms with E-state index >= 15 is 0 Å². The van der Waals surface area contributed by atoms with Crippen LogP contribution >= 0.6 is 0 Å². The molecule has 1 atom stereocenters. The van der Waals surface area contributed by atoms with E-state index < -0.39 is 5.97 Å². The van der Waals surface area contributed by atoms with Crippen molar-refractivity contribution in [3.8, 4) is 11.5 Å². The summed E-state index contributed by atoms with van der Waals surface area (Å²) >= 11 is 0. The molecule has 6 heteroatoms. The molecular weight excluding hydrogens is 310 g/mol. The molecule has 0 bridgehead atoms. The van der Waals surface area contributed by atoms with Gasteiger partial charge in [-0.25, -0.2) is 4.79 Å². The second kappa shape index (κ2) is 10.3. The Hall–Kier alpha value is -2.50. The molecule has 132 valence electrons. The van der Waals surface area contributed by atoms with Crippen molar-refractivity contribution >= 4 is 18.0 Å². The summed E-state index contributed by atoms with van der Waals surface area (Å²) in [7, 11) is 3.10. The Kier molecular flexibility index (Phi) is 8.39. The van der Waals surface area contributed by atoms with Gasteiger partial charge < -0.3 is 19.5 Å². The van der Waals surface area contributed by atoms with Gasteiger partial charge in [0.15, 0.2) is 6.61 Å². The minimum Gasteiger partial charge on any atom is -0.497 e. The van der Waals surface area contributed by atoms with Crippen molar-refractivity contribution in [2.75, 3.05) is 20.8 Å². The Balaban J connectivity index is 2.52. The van der Waals surface area contributed by atoms with Crippen LogP contribution in [0.2, 0.25) is 0 Å². The van der Waals surface area contributed by atoms with Crippen LogP contribution in [-0.4, -0.2) is 38.7 Å². The minimum absolute atomic E-state index is 0.0704. The number of amides is 1. The lowest BCUT2D eigenvalue weighted by Crippen LogP contribution is -2.35. The molecule has 0 fully saturated rings. The third-order valence-electron chi connectivity index (χ3n) is 3.26. The van der Waals surface area contributed by atoms with Crippen molar-refractivity contribution in [1.82, 2.24) is 5.32 Å². The maximum Gasteiger partial charge on any atom is 0.331 e. The highest BCUT2D eigenvalue weighted by Crippen LogP contribution is 2.23. The first-order valence-electron chi connectivity index (χ1n) is 7.85. The number of methoxy groups -OCH3 is 2. The topological polar surface area (TPSA) is 73.9 Å². The van der Waals surface area contributed by atoms with E-state index in [1.165, 1.54) is 6.08 Å². The van der Waals surface area contributed by atoms with E-state index in [0.29, 0.717) is 11.5 Å². The lowest BCUT2D eigenvalue weighted by atomic mass is 10.2. The van der Waals surface area contributed by atoms with Gasteiger partial charge in [0.1, 0.15) is 11.5 Å². The average Bonchev–Trinajstić information content (AvgIpc) is 2.57. The number of esters is 1. The molecule has 1 aromatic carbocycles. The van der Waals surface area contributed by atoms with Crippen LogP contribution in [0.3, 0.4) is 0 Å². The molecule has 0 aliphatic heterocycles. The first-order valence-corrected chi connectivity index (χ1v) is 7.85. The third kappa shape index (κ3) is 7.17. The van der Waals surface area contributed by atoms with Crippen LogP contribution < -0.4 is 14.8 Å². The lowest BCUT2D eigenvalue weighted by molar-refractivity contribution is -0.144. The molecule has 1 N–H and O–H groups in total. The number of carbonyl (C=O) groups is 2. The highest BCUT2D eigenvalue weighted by atomic mass is 16.5. The summed E-state index contributed by atoms with van der Waals surface area (Å²) in [5, 5.41) is 2.77. The number of hydrogen-bond acceptors (Lipinski definition) is 5. The van der Waals surface area contributed by atoms with Gasteiger partial charge in [0.05, 0.1) is 14.2 Å². The molecule has 0 radical (unpaired) electrons. The van der Waals surface area contributed by atoms with Gasteiger partial charge in [-0.2, -0.15) is 0 Å². The molecule has 0 saturated carbocycles. The quantitative estimate of drug-likeness (QED) is 0.554. The molecule has 1 amide bonds. The van der Waals surface area contributed by atoms with Crippen LogP contribution in [0.15, 0.2) is 24.3 Å². The van der Waals surface area contributed by atoms with Gasteiger partial charge in [-0.05, 0) is 37.1 Å². The van der Waals surface area contributed by atoms with Gasteiger partial charge >= 0.3 is 5.97 Å². The van der Waals surface area contributed by atoms with Crippen molar-refractivity contribution in [3.63, 3.8) is 0 Å². The van der Waals surface area contributed by atoms with Crippen LogP contribution in [0, 0.1) is 0 Å². The van der Waals surface area contributed by atoms with Crippen LogP contribution in [0.5, 0.6) is 11.5 Å². The fourth-order valence-electron chi connectivity index (χ4n) is 2.10. The van der Waals surface area contributed by atoms with Crippen LogP contribution in [0.25, 0.3) is 6.08 Å². The number of rotatable bonds is 9. The summed E-state index contributed by atoms with van der Waals surface area (Å²) in [4.78, 5) is 23.3. The molecule has 1 rings (SSSR count). The van der Waals surface area contributed by atoms with Gasteiger partial charge in [-0.15, -0.1) is 0 Å². The summed E-state index contributed by atoms with van der Waals surface area (Å²) in [5.41, 5.74) is 0.726. The molecule has 0 aromatic heterocycles. The van der Waals surface area contributed by atoms with Gasteiger partial charge in [-0.3, -0.25) is 4.79 Å². The van der Waals surface area contributed by atoms with Crippen LogP contribution in [0.1, 0.15) is 32.3 Å². The number of benzene rings is 1. The van der Waals surface area contributed by atoms with Gasteiger partial charge in [0, 0.05) is 18.2 Å². The largest absolute Gasteiger partial charge is 0.497 e. The monoisotopic (exact) mass is 335 g/mol. The zero-order valence-corrected chi connectivity index (χ0v) is 14.6. The van der Waals surface area contributed by atoms with Crippen molar-refractivity contribution in [1.29, 1.82) is 0 Å². The molecule has 0 unspecified atom stereocenters. The van der Waals surface area contributed by atoms with Crippen LogP contribution in [-0.2, 0) is 14.3 Å². The molecule has 0 spiro atoms. The maximum absolute atomic E-state index is 11.7. The van der Waals surface area contributed by atoms with Crippen molar-refractivity contribution in [3.05, 3.63) is 29.8 Å². The summed E-state index contributed by atoms with van der Waals surface area (Å²) in [6.45, 7) is 3.67. The molecule has 24 heavy (non-hydrogen) atoms. The fraction of sp³-hybridized carbons (Fsp3) is 0.444. The highest BCUT2D eigenvalue weighted by molar-refractivity contribution is 5.89. The smallest absolute Gasteiger partial charge is 0.331 e. The first-order chi connectivity index (χ1) is 11.5. The van der Waals surface area contributed by atoms with E-state index in [-0.39, 0.29) is 18.6 Å². The van der Waals surface area contributed by atoms with E-state index in [0.717, 1.165) is 18.4 Å². The van der Waals surface area contributed by atoms with E-state index in [9.17, 15) is 9.59 Å². The third-order valence-corrected chi connectivity index (χ3v) is 3.26. The average molecular weight is 335 g/mol. The van der Waals surface area contributed by atoms with Gasteiger partial charge in [0.2, 0.25) is 0 Å². The minimum atomic E-state index is -0.588. The molecule has 1 aromatic rings. The Labute approximate surface area is 142 Å². The van der Waals surface area contributed by atoms with Gasteiger partial charge in [0.25, 0.3) is 5.91 Å². The molecule has 0 aliphatic rings. The summed E-state index contributed by atoms with van der Waals surface area (Å²) < 4.78 is 15.2. The van der Waals surface area contributed by atoms with Gasteiger partial charge in [-0.1, -0.05) is 13.3 Å². The predicted octanol–water partition coefficient (Wildman–Crippen LogP) is 2.57. The first kappa shape index (κ1) is 19.5. The Morgan fingerprint density at radius 3 is 2.33 bits per heavy atom. The van der Waals surface area contributed by atoms with E-state index in [1.54, 1.807) is 38.5 Å². The Morgan fingerprint density at radius 1 is 1.17 bits per heavy atom. The van der Waals surface area contributed by atoms with E-state index in [1.807, 2.05) is 13.8 Å². The zero-order valence-electron chi connectivity index (χ0n) is 14.6. The lowest BCUT2D eigenvalue weighted by Gasteiger charge is -2.12. The van der Waals surface area contributed by atoms with Crippen LogP contribution in [0.4, 0.5) is 0 Å². The second-order valence-corrected chi connectivity index (χ2v) is 5.34. The zero-order chi connectivity index (χ0) is 17.9. The summed E-state index contributed by atoms with van der Waals surface area (Å²) in [6, 6.07) is 5.31. The molecule has 0 aliphatic carbocycles. The number of hydrogen-bond donors (Lipinski definition) is 1. The summed E-state index contributed by atoms with van der Waals surface area (Å²) in [6.07, 6.45) is 4.70. The fourth-order valence-corrected chi connectivity index (χ4v) is 2.10. The predicted molar refractivity (Wildman–Crippen MR) is 92.1 cm³/mol. The maximum atomic E-state index is 11.7. The highest BCUT2D eigenvalue weighted by Gasteiger charge is 2.08. The van der Waals surface area contributed by atoms with Crippen molar-refractivity contribution in [2.24, 2.45) is 0 Å². The normalized spacial score (nSPS) is 11.8.